The Bertz CT molecular complexity index is 507. The second-order valence-corrected chi connectivity index (χ2v) is 6.34. The Kier molecular flexibility index (Phi) is 8.48. The number of aromatic nitrogens is 1. The molecule has 0 aromatic carbocycles. The van der Waals surface area contributed by atoms with Gasteiger partial charge in [0, 0.05) is 6.20 Å². The van der Waals surface area contributed by atoms with Crippen LogP contribution in [0.3, 0.4) is 0 Å². The summed E-state index contributed by atoms with van der Waals surface area (Å²) < 4.78 is 5.77. The van der Waals surface area contributed by atoms with Crippen molar-refractivity contribution >= 4 is 35.6 Å². The predicted molar refractivity (Wildman–Crippen MR) is 97.8 cm³/mol. The van der Waals surface area contributed by atoms with Gasteiger partial charge in [0.25, 0.3) is 0 Å². The zero-order chi connectivity index (χ0) is 15.9. The number of esters is 1. The maximum absolute atomic E-state index is 12.6. The molecular weight excluding hydrogens is 332 g/mol. The van der Waals surface area contributed by atoms with Crippen LogP contribution in [0.1, 0.15) is 57.1 Å². The van der Waals surface area contributed by atoms with E-state index in [2.05, 4.69) is 11.9 Å². The number of hydrogen-bond donors (Lipinski definition) is 1. The molecule has 0 radical (unpaired) electrons. The fourth-order valence-electron chi connectivity index (χ4n) is 3.17. The summed E-state index contributed by atoms with van der Waals surface area (Å²) in [5.74, 6) is -0.670. The van der Waals surface area contributed by atoms with Crippen molar-refractivity contribution in [1.82, 2.24) is 4.98 Å². The van der Waals surface area contributed by atoms with E-state index < -0.39 is 5.92 Å². The minimum atomic E-state index is -0.756. The summed E-state index contributed by atoms with van der Waals surface area (Å²) in [6.45, 7) is 2.06. The highest BCUT2D eigenvalue weighted by Crippen LogP contribution is 2.30. The fourth-order valence-corrected chi connectivity index (χ4v) is 3.38. The van der Waals surface area contributed by atoms with Gasteiger partial charge in [-0.05, 0) is 37.3 Å². The number of carbonyl (C=O) groups is 1. The summed E-state index contributed by atoms with van der Waals surface area (Å²) in [7, 11) is 0. The molecule has 1 heterocycles. The average Bonchev–Trinajstić information content (AvgIpc) is 2.54. The molecule has 0 amide bonds. The van der Waals surface area contributed by atoms with Crippen molar-refractivity contribution in [1.29, 1.82) is 0 Å². The van der Waals surface area contributed by atoms with Gasteiger partial charge >= 0.3 is 5.97 Å². The van der Waals surface area contributed by atoms with E-state index in [-0.39, 0.29) is 29.5 Å². The number of halogens is 1. The van der Waals surface area contributed by atoms with Crippen LogP contribution in [0.5, 0.6) is 0 Å². The number of hydrogen-bond acceptors (Lipinski definition) is 4. The summed E-state index contributed by atoms with van der Waals surface area (Å²) >= 11 is 5.06. The quantitative estimate of drug-likeness (QED) is 0.620. The molecule has 2 N–H and O–H groups in total. The van der Waals surface area contributed by atoms with Crippen molar-refractivity contribution in [2.75, 3.05) is 0 Å². The zero-order valence-electron chi connectivity index (χ0n) is 13.4. The first-order valence-electron chi connectivity index (χ1n) is 8.04. The summed E-state index contributed by atoms with van der Waals surface area (Å²) in [5.41, 5.74) is 6.31. The number of thiocarbonyl (C=S) groups is 1. The van der Waals surface area contributed by atoms with E-state index in [1.165, 1.54) is 19.3 Å². The maximum atomic E-state index is 12.6. The van der Waals surface area contributed by atoms with Gasteiger partial charge < -0.3 is 10.5 Å². The average molecular weight is 357 g/mol. The third-order valence-corrected chi connectivity index (χ3v) is 4.58. The number of ether oxygens (including phenoxy) is 1. The molecule has 1 aliphatic rings. The van der Waals surface area contributed by atoms with Crippen LogP contribution in [0.15, 0.2) is 24.4 Å². The van der Waals surface area contributed by atoms with Gasteiger partial charge in [-0.3, -0.25) is 9.78 Å². The standard InChI is InChI=1S/C17H24N2O2S.ClH/c1-2-14(12-8-4-3-5-9-12)21-17(20)15(16(18)22)13-10-6-7-11-19-13;/h6-7,10-12,14-15H,2-5,8-9H2,1H3,(H2,18,22);1H. The molecule has 2 atom stereocenters. The van der Waals surface area contributed by atoms with Crippen molar-refractivity contribution in [2.45, 2.75) is 57.5 Å². The van der Waals surface area contributed by atoms with Gasteiger partial charge in [0.15, 0.2) is 0 Å². The fraction of sp³-hybridized carbons (Fsp3) is 0.588. The third-order valence-electron chi connectivity index (χ3n) is 4.35. The predicted octanol–water partition coefficient (Wildman–Crippen LogP) is 3.78. The number of carbonyl (C=O) groups excluding carboxylic acids is 1. The first-order chi connectivity index (χ1) is 10.6. The largest absolute Gasteiger partial charge is 0.461 e. The summed E-state index contributed by atoms with van der Waals surface area (Å²) in [5, 5.41) is 0. The molecule has 0 bridgehead atoms. The Hall–Kier alpha value is -1.20. The summed E-state index contributed by atoms with van der Waals surface area (Å²) in [4.78, 5) is 16.9. The molecule has 0 spiro atoms. The molecule has 1 aromatic rings. The molecule has 0 aliphatic heterocycles. The Labute approximate surface area is 149 Å². The third kappa shape index (κ3) is 5.43. The second kappa shape index (κ2) is 9.83. The Morgan fingerprint density at radius 1 is 1.39 bits per heavy atom. The molecule has 4 nitrogen and oxygen atoms in total. The van der Waals surface area contributed by atoms with E-state index in [0.717, 1.165) is 19.3 Å². The molecule has 1 aliphatic carbocycles. The molecule has 128 valence electrons. The lowest BCUT2D eigenvalue weighted by atomic mass is 9.84. The Balaban J connectivity index is 0.00000264. The van der Waals surface area contributed by atoms with Gasteiger partial charge in [-0.1, -0.05) is 44.5 Å². The Morgan fingerprint density at radius 2 is 2.09 bits per heavy atom. The number of pyridine rings is 1. The van der Waals surface area contributed by atoms with Crippen molar-refractivity contribution in [3.63, 3.8) is 0 Å². The highest BCUT2D eigenvalue weighted by Gasteiger charge is 2.31. The highest BCUT2D eigenvalue weighted by atomic mass is 35.5. The SMILES string of the molecule is CCC(OC(=O)C(C(N)=S)c1ccccn1)C1CCCCC1.Cl. The first-order valence-corrected chi connectivity index (χ1v) is 8.45. The maximum Gasteiger partial charge on any atom is 0.322 e. The molecule has 23 heavy (non-hydrogen) atoms. The number of nitrogens with two attached hydrogens (primary N) is 1. The lowest BCUT2D eigenvalue weighted by Gasteiger charge is -2.30. The van der Waals surface area contributed by atoms with E-state index in [9.17, 15) is 4.79 Å². The first kappa shape index (κ1) is 19.8. The van der Waals surface area contributed by atoms with Gasteiger partial charge in [0.2, 0.25) is 0 Å². The number of nitrogens with zero attached hydrogens (tertiary/aromatic N) is 1. The zero-order valence-corrected chi connectivity index (χ0v) is 15.1. The van der Waals surface area contributed by atoms with E-state index in [1.807, 2.05) is 6.07 Å². The van der Waals surface area contributed by atoms with Gasteiger partial charge in [-0.15, -0.1) is 12.4 Å². The van der Waals surface area contributed by atoms with Crippen LogP contribution in [0.2, 0.25) is 0 Å². The smallest absolute Gasteiger partial charge is 0.322 e. The minimum absolute atomic E-state index is 0. The molecule has 1 saturated carbocycles. The molecule has 1 aromatic heterocycles. The van der Waals surface area contributed by atoms with Crippen LogP contribution in [-0.2, 0) is 9.53 Å². The van der Waals surface area contributed by atoms with E-state index >= 15 is 0 Å². The topological polar surface area (TPSA) is 65.2 Å². The normalized spacial score (nSPS) is 17.6. The van der Waals surface area contributed by atoms with Crippen molar-refractivity contribution in [3.05, 3.63) is 30.1 Å². The van der Waals surface area contributed by atoms with E-state index in [0.29, 0.717) is 11.6 Å². The highest BCUT2D eigenvalue weighted by molar-refractivity contribution is 7.80. The summed E-state index contributed by atoms with van der Waals surface area (Å²) in [6, 6.07) is 5.37. The molecule has 2 rings (SSSR count). The second-order valence-electron chi connectivity index (χ2n) is 5.87. The summed E-state index contributed by atoms with van der Waals surface area (Å²) in [6.07, 6.45) is 8.39. The molecule has 1 fully saturated rings. The van der Waals surface area contributed by atoms with Gasteiger partial charge in [-0.2, -0.15) is 0 Å². The van der Waals surface area contributed by atoms with Crippen LogP contribution >= 0.6 is 24.6 Å². The van der Waals surface area contributed by atoms with Crippen molar-refractivity contribution in [2.24, 2.45) is 11.7 Å². The minimum Gasteiger partial charge on any atom is -0.461 e. The molecule has 2 unspecified atom stereocenters. The van der Waals surface area contributed by atoms with Gasteiger partial charge in [0.05, 0.1) is 10.7 Å². The van der Waals surface area contributed by atoms with Crippen LogP contribution in [-0.4, -0.2) is 22.0 Å². The van der Waals surface area contributed by atoms with Crippen LogP contribution < -0.4 is 5.73 Å². The lowest BCUT2D eigenvalue weighted by Crippen LogP contribution is -2.34. The molecular formula is C17H25ClN2O2S. The Morgan fingerprint density at radius 3 is 2.61 bits per heavy atom. The monoisotopic (exact) mass is 356 g/mol. The molecule has 0 saturated heterocycles. The van der Waals surface area contributed by atoms with Gasteiger partial charge in [0.1, 0.15) is 12.0 Å². The van der Waals surface area contributed by atoms with E-state index in [1.54, 1.807) is 18.3 Å². The number of rotatable bonds is 6. The van der Waals surface area contributed by atoms with Crippen molar-refractivity contribution < 1.29 is 9.53 Å². The molecule has 6 heteroatoms. The van der Waals surface area contributed by atoms with Crippen molar-refractivity contribution in [3.8, 4) is 0 Å². The van der Waals surface area contributed by atoms with Gasteiger partial charge in [-0.25, -0.2) is 0 Å². The van der Waals surface area contributed by atoms with Crippen LogP contribution in [0, 0.1) is 5.92 Å². The van der Waals surface area contributed by atoms with Crippen LogP contribution in [0.25, 0.3) is 0 Å². The van der Waals surface area contributed by atoms with E-state index in [4.69, 9.17) is 22.7 Å². The lowest BCUT2D eigenvalue weighted by molar-refractivity contribution is -0.152. The van der Waals surface area contributed by atoms with Crippen LogP contribution in [0.4, 0.5) is 0 Å².